The van der Waals surface area contributed by atoms with Gasteiger partial charge in [0.2, 0.25) is 5.91 Å². The zero-order valence-corrected chi connectivity index (χ0v) is 14.7. The van der Waals surface area contributed by atoms with Gasteiger partial charge in [0.05, 0.1) is 7.11 Å². The number of aliphatic carboxylic acids is 1. The molecule has 8 nitrogen and oxygen atoms in total. The lowest BCUT2D eigenvalue weighted by Gasteiger charge is -2.43. The molecule has 0 aromatic heterocycles. The number of phenols is 1. The zero-order chi connectivity index (χ0) is 18.5. The van der Waals surface area contributed by atoms with E-state index >= 15 is 0 Å². The third-order valence-electron chi connectivity index (χ3n) is 4.41. The summed E-state index contributed by atoms with van der Waals surface area (Å²) in [6.07, 6.45) is 0. The Balaban J connectivity index is 1.82. The molecule has 2 aliphatic rings. The second-order valence-electron chi connectivity index (χ2n) is 6.40. The van der Waals surface area contributed by atoms with E-state index in [2.05, 4.69) is 5.32 Å². The van der Waals surface area contributed by atoms with E-state index in [4.69, 9.17) is 4.74 Å². The lowest BCUT2D eigenvalue weighted by molar-refractivity contribution is -0.159. The maximum Gasteiger partial charge on any atom is 0.327 e. The van der Waals surface area contributed by atoms with E-state index in [0.717, 1.165) is 0 Å². The van der Waals surface area contributed by atoms with Crippen LogP contribution in [0.1, 0.15) is 24.2 Å². The van der Waals surface area contributed by atoms with E-state index in [9.17, 15) is 24.6 Å². The van der Waals surface area contributed by atoms with Gasteiger partial charge in [0, 0.05) is 4.75 Å². The van der Waals surface area contributed by atoms with Crippen molar-refractivity contribution in [3.05, 3.63) is 23.8 Å². The zero-order valence-electron chi connectivity index (χ0n) is 13.8. The molecule has 2 aliphatic heterocycles. The predicted molar refractivity (Wildman–Crippen MR) is 89.6 cm³/mol. The normalized spacial score (nSPS) is 26.6. The molecule has 134 valence electrons. The van der Waals surface area contributed by atoms with Crippen molar-refractivity contribution in [2.45, 2.75) is 36.1 Å². The molecule has 0 unspecified atom stereocenters. The van der Waals surface area contributed by atoms with Crippen molar-refractivity contribution in [2.24, 2.45) is 0 Å². The SMILES string of the molecule is COc1cccc(O)c1C(=O)N[C@@H]1C(=O)N2[C@@H]1SC(C)(C)[C@@H]2C(=O)O. The number of nitrogens with one attached hydrogen (secondary N) is 1. The Morgan fingerprint density at radius 3 is 2.64 bits per heavy atom. The van der Waals surface area contributed by atoms with Crippen molar-refractivity contribution in [2.75, 3.05) is 7.11 Å². The average molecular weight is 366 g/mol. The summed E-state index contributed by atoms with van der Waals surface area (Å²) < 4.78 is 4.41. The second-order valence-corrected chi connectivity index (χ2v) is 8.17. The number of aromatic hydroxyl groups is 1. The summed E-state index contributed by atoms with van der Waals surface area (Å²) in [4.78, 5) is 37.7. The van der Waals surface area contributed by atoms with Crippen molar-refractivity contribution >= 4 is 29.5 Å². The molecule has 0 bridgehead atoms. The minimum Gasteiger partial charge on any atom is -0.507 e. The summed E-state index contributed by atoms with van der Waals surface area (Å²) in [6, 6.07) is 2.62. The number of fused-ring (bicyclic) bond motifs is 1. The molecule has 2 amide bonds. The number of ether oxygens (including phenoxy) is 1. The molecule has 0 saturated carbocycles. The van der Waals surface area contributed by atoms with E-state index in [1.807, 2.05) is 0 Å². The maximum absolute atomic E-state index is 12.5. The summed E-state index contributed by atoms with van der Waals surface area (Å²) in [6.45, 7) is 3.51. The highest BCUT2D eigenvalue weighted by atomic mass is 32.2. The van der Waals surface area contributed by atoms with Gasteiger partial charge in [-0.1, -0.05) is 6.07 Å². The molecular formula is C16H18N2O6S. The van der Waals surface area contributed by atoms with Crippen molar-refractivity contribution in [3.8, 4) is 11.5 Å². The van der Waals surface area contributed by atoms with Crippen LogP contribution in [-0.4, -0.2) is 62.2 Å². The fraction of sp³-hybridized carbons (Fsp3) is 0.438. The minimum atomic E-state index is -1.07. The van der Waals surface area contributed by atoms with Gasteiger partial charge in [-0.25, -0.2) is 4.79 Å². The number of nitrogens with zero attached hydrogens (tertiary/aromatic N) is 1. The first-order chi connectivity index (χ1) is 11.7. The van der Waals surface area contributed by atoms with Gasteiger partial charge in [0.15, 0.2) is 0 Å². The van der Waals surface area contributed by atoms with Gasteiger partial charge in [0.25, 0.3) is 5.91 Å². The molecule has 3 N–H and O–H groups in total. The van der Waals surface area contributed by atoms with Crippen molar-refractivity contribution < 1.29 is 29.3 Å². The summed E-state index contributed by atoms with van der Waals surface area (Å²) in [5, 5.41) is 21.5. The Morgan fingerprint density at radius 2 is 2.04 bits per heavy atom. The number of hydrogen-bond donors (Lipinski definition) is 3. The largest absolute Gasteiger partial charge is 0.507 e. The van der Waals surface area contributed by atoms with Crippen LogP contribution in [0, 0.1) is 0 Å². The average Bonchev–Trinajstić information content (AvgIpc) is 2.80. The number of amides is 2. The Morgan fingerprint density at radius 1 is 1.36 bits per heavy atom. The van der Waals surface area contributed by atoms with E-state index < -0.39 is 40.0 Å². The molecular weight excluding hydrogens is 348 g/mol. The van der Waals surface area contributed by atoms with Crippen LogP contribution in [0.5, 0.6) is 11.5 Å². The van der Waals surface area contributed by atoms with Gasteiger partial charge in [-0.2, -0.15) is 0 Å². The molecule has 0 spiro atoms. The lowest BCUT2D eigenvalue weighted by Crippen LogP contribution is -2.70. The quantitative estimate of drug-likeness (QED) is 0.670. The number of rotatable bonds is 4. The van der Waals surface area contributed by atoms with Crippen molar-refractivity contribution in [1.82, 2.24) is 10.2 Å². The first kappa shape index (κ1) is 17.4. The third-order valence-corrected chi connectivity index (χ3v) is 5.98. The number of β-lactam (4-membered cyclic amide) rings is 1. The molecule has 2 saturated heterocycles. The fourth-order valence-corrected chi connectivity index (χ4v) is 4.90. The first-order valence-electron chi connectivity index (χ1n) is 7.58. The number of benzene rings is 1. The van der Waals surface area contributed by atoms with Crippen LogP contribution in [0.4, 0.5) is 0 Å². The van der Waals surface area contributed by atoms with Crippen LogP contribution in [0.2, 0.25) is 0 Å². The van der Waals surface area contributed by atoms with Crippen molar-refractivity contribution in [3.63, 3.8) is 0 Å². The first-order valence-corrected chi connectivity index (χ1v) is 8.46. The summed E-state index contributed by atoms with van der Waals surface area (Å²) in [5.41, 5.74) is -0.0618. The van der Waals surface area contributed by atoms with E-state index in [-0.39, 0.29) is 17.1 Å². The summed E-state index contributed by atoms with van der Waals surface area (Å²) in [7, 11) is 1.37. The number of methoxy groups -OCH3 is 1. The van der Waals surface area contributed by atoms with Crippen LogP contribution in [0.3, 0.4) is 0 Å². The third kappa shape index (κ3) is 2.58. The number of carboxylic acid groups (broad SMARTS) is 1. The number of thioether (sulfide) groups is 1. The van der Waals surface area contributed by atoms with Gasteiger partial charge in [-0.15, -0.1) is 11.8 Å². The smallest absolute Gasteiger partial charge is 0.327 e. The van der Waals surface area contributed by atoms with Crippen LogP contribution in [0.15, 0.2) is 18.2 Å². The van der Waals surface area contributed by atoms with E-state index in [0.29, 0.717) is 0 Å². The predicted octanol–water partition coefficient (Wildman–Crippen LogP) is 0.646. The molecule has 3 rings (SSSR count). The van der Waals surface area contributed by atoms with Crippen LogP contribution in [0.25, 0.3) is 0 Å². The molecule has 1 aromatic rings. The van der Waals surface area contributed by atoms with Gasteiger partial charge >= 0.3 is 5.97 Å². The highest BCUT2D eigenvalue weighted by Crippen LogP contribution is 2.50. The number of carbonyl (C=O) groups is 3. The fourth-order valence-electron chi connectivity index (χ4n) is 3.28. The number of phenolic OH excluding ortho intramolecular Hbond substituents is 1. The highest BCUT2D eigenvalue weighted by molar-refractivity contribution is 8.01. The molecule has 0 radical (unpaired) electrons. The monoisotopic (exact) mass is 366 g/mol. The van der Waals surface area contributed by atoms with Crippen LogP contribution in [-0.2, 0) is 9.59 Å². The molecule has 2 fully saturated rings. The van der Waals surface area contributed by atoms with Gasteiger partial charge in [0.1, 0.15) is 34.5 Å². The van der Waals surface area contributed by atoms with Crippen LogP contribution >= 0.6 is 11.8 Å². The molecule has 25 heavy (non-hydrogen) atoms. The van der Waals surface area contributed by atoms with Crippen LogP contribution < -0.4 is 10.1 Å². The lowest BCUT2D eigenvalue weighted by atomic mass is 9.96. The highest BCUT2D eigenvalue weighted by Gasteiger charge is 2.64. The Hall–Kier alpha value is -2.42. The van der Waals surface area contributed by atoms with E-state index in [1.54, 1.807) is 13.8 Å². The topological polar surface area (TPSA) is 116 Å². The molecule has 2 heterocycles. The standard InChI is InChI=1S/C16H18N2O6S/c1-16(2)11(15(22)23)18-13(21)10(14(18)25-16)17-12(20)9-7(19)5-4-6-8(9)24-3/h4-6,10-11,14,19H,1-3H3,(H,17,20)(H,22,23)/t10-,11+,14-/m1/s1. The maximum atomic E-state index is 12.5. The number of carbonyl (C=O) groups excluding carboxylic acids is 2. The Labute approximate surface area is 148 Å². The van der Waals surface area contributed by atoms with Gasteiger partial charge in [-0.3, -0.25) is 9.59 Å². The molecule has 0 aliphatic carbocycles. The number of hydrogen-bond acceptors (Lipinski definition) is 6. The Bertz CT molecular complexity index is 765. The van der Waals surface area contributed by atoms with E-state index in [1.165, 1.54) is 42.0 Å². The summed E-state index contributed by atoms with van der Waals surface area (Å²) in [5.74, 6) is -2.24. The molecule has 3 atom stereocenters. The minimum absolute atomic E-state index is 0.0618. The summed E-state index contributed by atoms with van der Waals surface area (Å²) >= 11 is 1.33. The number of carboxylic acids is 1. The van der Waals surface area contributed by atoms with Gasteiger partial charge < -0.3 is 25.2 Å². The second kappa shape index (κ2) is 5.83. The molecule has 9 heteroatoms. The van der Waals surface area contributed by atoms with Crippen molar-refractivity contribution in [1.29, 1.82) is 0 Å². The molecule has 1 aromatic carbocycles. The van der Waals surface area contributed by atoms with Gasteiger partial charge in [-0.05, 0) is 26.0 Å². The Kier molecular flexibility index (Phi) is 4.06.